The number of hydrogen-bond acceptors (Lipinski definition) is 6. The summed E-state index contributed by atoms with van der Waals surface area (Å²) in [6.07, 6.45) is 3.79. The van der Waals surface area contributed by atoms with E-state index in [0.717, 1.165) is 18.4 Å². The zero-order valence-electron chi connectivity index (χ0n) is 14.8. The predicted octanol–water partition coefficient (Wildman–Crippen LogP) is 2.72. The number of rotatable bonds is 15. The first-order valence-electron chi connectivity index (χ1n) is 8.36. The van der Waals surface area contributed by atoms with Crippen molar-refractivity contribution in [3.63, 3.8) is 0 Å². The van der Waals surface area contributed by atoms with Crippen LogP contribution in [0.25, 0.3) is 0 Å². The molecular formula is C18H28O6S. The van der Waals surface area contributed by atoms with Crippen LogP contribution in [-0.4, -0.2) is 54.7 Å². The first-order valence-corrected chi connectivity index (χ1v) is 9.77. The Morgan fingerprint density at radius 2 is 1.40 bits per heavy atom. The molecule has 0 N–H and O–H groups in total. The molecule has 0 heterocycles. The molecule has 1 aromatic carbocycles. The Morgan fingerprint density at radius 1 is 0.880 bits per heavy atom. The van der Waals surface area contributed by atoms with Crippen LogP contribution in [0.2, 0.25) is 0 Å². The number of aryl methyl sites for hydroxylation is 1. The molecular weight excluding hydrogens is 344 g/mol. The second kappa shape index (κ2) is 13.0. The van der Waals surface area contributed by atoms with Crippen molar-refractivity contribution in [3.05, 3.63) is 42.5 Å². The first-order chi connectivity index (χ1) is 12.1. The van der Waals surface area contributed by atoms with Gasteiger partial charge in [0.1, 0.15) is 0 Å². The van der Waals surface area contributed by atoms with Gasteiger partial charge in [0.2, 0.25) is 0 Å². The number of unbranched alkanes of at least 4 members (excludes halogenated alkanes) is 1. The Morgan fingerprint density at radius 3 is 1.96 bits per heavy atom. The Labute approximate surface area is 150 Å². The van der Waals surface area contributed by atoms with E-state index in [2.05, 4.69) is 6.58 Å². The summed E-state index contributed by atoms with van der Waals surface area (Å²) >= 11 is 0. The van der Waals surface area contributed by atoms with Gasteiger partial charge in [-0.05, 0) is 31.9 Å². The van der Waals surface area contributed by atoms with E-state index < -0.39 is 10.1 Å². The molecule has 0 atom stereocenters. The molecule has 0 aliphatic rings. The SMILES string of the molecule is C=CCCCOCCOCCOCCOS(=O)(=O)c1ccc(C)cc1. The maximum absolute atomic E-state index is 11.9. The highest BCUT2D eigenvalue weighted by Crippen LogP contribution is 2.12. The third-order valence-electron chi connectivity index (χ3n) is 3.22. The van der Waals surface area contributed by atoms with Gasteiger partial charge in [-0.15, -0.1) is 6.58 Å². The van der Waals surface area contributed by atoms with Gasteiger partial charge in [-0.1, -0.05) is 23.8 Å². The van der Waals surface area contributed by atoms with Gasteiger partial charge in [0.15, 0.2) is 0 Å². The van der Waals surface area contributed by atoms with Crippen molar-refractivity contribution in [1.82, 2.24) is 0 Å². The van der Waals surface area contributed by atoms with Crippen LogP contribution in [0.3, 0.4) is 0 Å². The van der Waals surface area contributed by atoms with Crippen molar-refractivity contribution in [3.8, 4) is 0 Å². The quantitative estimate of drug-likeness (QED) is 0.268. The predicted molar refractivity (Wildman–Crippen MR) is 96.2 cm³/mol. The molecule has 1 aromatic rings. The minimum atomic E-state index is -3.73. The fourth-order valence-corrected chi connectivity index (χ4v) is 2.74. The molecule has 0 aliphatic carbocycles. The monoisotopic (exact) mass is 372 g/mol. The van der Waals surface area contributed by atoms with Gasteiger partial charge in [-0.3, -0.25) is 4.18 Å². The summed E-state index contributed by atoms with van der Waals surface area (Å²) in [6, 6.07) is 6.51. The van der Waals surface area contributed by atoms with Crippen molar-refractivity contribution in [1.29, 1.82) is 0 Å². The smallest absolute Gasteiger partial charge is 0.297 e. The van der Waals surface area contributed by atoms with Crippen LogP contribution in [0, 0.1) is 6.92 Å². The second-order valence-electron chi connectivity index (χ2n) is 5.36. The lowest BCUT2D eigenvalue weighted by molar-refractivity contribution is 0.00944. The average Bonchev–Trinajstić information content (AvgIpc) is 2.59. The molecule has 142 valence electrons. The summed E-state index contributed by atoms with van der Waals surface area (Å²) in [5, 5.41) is 0. The zero-order chi connectivity index (χ0) is 18.4. The number of hydrogen-bond donors (Lipinski definition) is 0. The molecule has 25 heavy (non-hydrogen) atoms. The molecule has 0 unspecified atom stereocenters. The maximum atomic E-state index is 11.9. The lowest BCUT2D eigenvalue weighted by atomic mass is 10.2. The Bertz CT molecular complexity index is 568. The minimum absolute atomic E-state index is 0.0252. The van der Waals surface area contributed by atoms with Crippen LogP contribution in [0.5, 0.6) is 0 Å². The molecule has 1 rings (SSSR count). The molecule has 0 bridgehead atoms. The van der Waals surface area contributed by atoms with Crippen LogP contribution < -0.4 is 0 Å². The van der Waals surface area contributed by atoms with E-state index in [1.54, 1.807) is 12.1 Å². The van der Waals surface area contributed by atoms with E-state index >= 15 is 0 Å². The third-order valence-corrected chi connectivity index (χ3v) is 4.54. The van der Waals surface area contributed by atoms with E-state index in [1.807, 2.05) is 13.0 Å². The summed E-state index contributed by atoms with van der Waals surface area (Å²) in [5.74, 6) is 0. The van der Waals surface area contributed by atoms with Gasteiger partial charge in [0, 0.05) is 6.61 Å². The maximum Gasteiger partial charge on any atom is 0.297 e. The standard InChI is InChI=1S/C18H28O6S/c1-3-4-5-10-21-11-12-22-13-14-23-15-16-24-25(19,20)18-8-6-17(2)7-9-18/h3,6-9H,1,4-5,10-16H2,2H3. The van der Waals surface area contributed by atoms with Crippen LogP contribution in [0.15, 0.2) is 41.8 Å². The summed E-state index contributed by atoms with van der Waals surface area (Å²) in [6.45, 7) is 8.28. The fourth-order valence-electron chi connectivity index (χ4n) is 1.85. The third kappa shape index (κ3) is 10.4. The van der Waals surface area contributed by atoms with Gasteiger partial charge in [-0.25, -0.2) is 0 Å². The van der Waals surface area contributed by atoms with Gasteiger partial charge >= 0.3 is 0 Å². The van der Waals surface area contributed by atoms with Crippen LogP contribution >= 0.6 is 0 Å². The van der Waals surface area contributed by atoms with Gasteiger partial charge in [-0.2, -0.15) is 8.42 Å². The van der Waals surface area contributed by atoms with Crippen molar-refractivity contribution in [2.45, 2.75) is 24.7 Å². The molecule has 6 nitrogen and oxygen atoms in total. The van der Waals surface area contributed by atoms with Crippen molar-refractivity contribution >= 4 is 10.1 Å². The highest BCUT2D eigenvalue weighted by molar-refractivity contribution is 7.86. The largest absolute Gasteiger partial charge is 0.379 e. The van der Waals surface area contributed by atoms with Crippen LogP contribution in [0.4, 0.5) is 0 Å². The van der Waals surface area contributed by atoms with E-state index in [-0.39, 0.29) is 18.1 Å². The second-order valence-corrected chi connectivity index (χ2v) is 6.97. The lowest BCUT2D eigenvalue weighted by Gasteiger charge is -2.08. The number of allylic oxidation sites excluding steroid dienone is 1. The molecule has 0 amide bonds. The molecule has 7 heteroatoms. The van der Waals surface area contributed by atoms with Crippen LogP contribution in [0.1, 0.15) is 18.4 Å². The van der Waals surface area contributed by atoms with Crippen molar-refractivity contribution < 1.29 is 26.8 Å². The van der Waals surface area contributed by atoms with E-state index in [9.17, 15) is 8.42 Å². The Balaban J connectivity index is 1.98. The van der Waals surface area contributed by atoms with Crippen molar-refractivity contribution in [2.24, 2.45) is 0 Å². The molecule has 0 aliphatic heterocycles. The summed E-state index contributed by atoms with van der Waals surface area (Å²) in [7, 11) is -3.73. The van der Waals surface area contributed by atoms with Crippen LogP contribution in [-0.2, 0) is 28.5 Å². The van der Waals surface area contributed by atoms with Gasteiger partial charge in [0.25, 0.3) is 10.1 Å². The topological polar surface area (TPSA) is 71.1 Å². The first kappa shape index (κ1) is 21.8. The number of benzene rings is 1. The Hall–Kier alpha value is -1.25. The Kier molecular flexibility index (Phi) is 11.3. The van der Waals surface area contributed by atoms with Gasteiger partial charge in [0.05, 0.1) is 44.5 Å². The summed E-state index contributed by atoms with van der Waals surface area (Å²) in [4.78, 5) is 0.148. The summed E-state index contributed by atoms with van der Waals surface area (Å²) in [5.41, 5.74) is 0.990. The van der Waals surface area contributed by atoms with Crippen molar-refractivity contribution in [2.75, 3.05) is 46.2 Å². The molecule has 0 spiro atoms. The molecule has 0 fully saturated rings. The zero-order valence-corrected chi connectivity index (χ0v) is 15.6. The molecule has 0 radical (unpaired) electrons. The van der Waals surface area contributed by atoms with E-state index in [1.165, 1.54) is 12.1 Å². The fraction of sp³-hybridized carbons (Fsp3) is 0.556. The van der Waals surface area contributed by atoms with E-state index in [4.69, 9.17) is 18.4 Å². The molecule has 0 aromatic heterocycles. The van der Waals surface area contributed by atoms with E-state index in [0.29, 0.717) is 33.0 Å². The number of ether oxygens (including phenoxy) is 3. The average molecular weight is 372 g/mol. The normalized spacial score (nSPS) is 11.6. The molecule has 0 saturated carbocycles. The minimum Gasteiger partial charge on any atom is -0.379 e. The van der Waals surface area contributed by atoms with Gasteiger partial charge < -0.3 is 14.2 Å². The highest BCUT2D eigenvalue weighted by Gasteiger charge is 2.14. The highest BCUT2D eigenvalue weighted by atomic mass is 32.2. The molecule has 0 saturated heterocycles. The lowest BCUT2D eigenvalue weighted by Crippen LogP contribution is -2.14. The summed E-state index contributed by atoms with van der Waals surface area (Å²) < 4.78 is 44.8.